The maximum atomic E-state index is 10.4. The average Bonchev–Trinajstić information content (AvgIpc) is 2.49. The van der Waals surface area contributed by atoms with E-state index in [0.29, 0.717) is 18.5 Å². The molecular formula is C16H26N2O2. The minimum Gasteiger partial charge on any atom is -0.497 e. The van der Waals surface area contributed by atoms with Crippen molar-refractivity contribution >= 4 is 0 Å². The third-order valence-electron chi connectivity index (χ3n) is 4.33. The predicted octanol–water partition coefficient (Wildman–Crippen LogP) is 1.79. The predicted molar refractivity (Wildman–Crippen MR) is 80.8 cm³/mol. The van der Waals surface area contributed by atoms with Crippen LogP contribution in [0.25, 0.3) is 0 Å². The molecule has 3 atom stereocenters. The third kappa shape index (κ3) is 3.72. The van der Waals surface area contributed by atoms with E-state index < -0.39 is 6.10 Å². The highest BCUT2D eigenvalue weighted by atomic mass is 16.5. The summed E-state index contributed by atoms with van der Waals surface area (Å²) < 4.78 is 5.21. The Balaban J connectivity index is 2.00. The van der Waals surface area contributed by atoms with Gasteiger partial charge in [-0.15, -0.1) is 0 Å². The first-order valence-corrected chi connectivity index (χ1v) is 7.40. The number of aliphatic hydroxyl groups is 1. The molecule has 4 nitrogen and oxygen atoms in total. The Bertz CT molecular complexity index is 425. The van der Waals surface area contributed by atoms with Crippen molar-refractivity contribution in [1.29, 1.82) is 0 Å². The normalized spacial score (nSPS) is 25.4. The Morgan fingerprint density at radius 1 is 1.45 bits per heavy atom. The van der Waals surface area contributed by atoms with Crippen LogP contribution in [0, 0.1) is 5.92 Å². The zero-order valence-electron chi connectivity index (χ0n) is 12.5. The van der Waals surface area contributed by atoms with E-state index in [4.69, 9.17) is 10.5 Å². The molecule has 0 bridgehead atoms. The van der Waals surface area contributed by atoms with Crippen molar-refractivity contribution in [3.05, 3.63) is 29.8 Å². The number of hydrogen-bond donors (Lipinski definition) is 2. The van der Waals surface area contributed by atoms with E-state index in [0.717, 1.165) is 30.8 Å². The molecule has 20 heavy (non-hydrogen) atoms. The summed E-state index contributed by atoms with van der Waals surface area (Å²) in [5, 5.41) is 10.4. The van der Waals surface area contributed by atoms with Crippen LogP contribution in [0.1, 0.15) is 31.4 Å². The van der Waals surface area contributed by atoms with Crippen molar-refractivity contribution in [2.75, 3.05) is 26.7 Å². The van der Waals surface area contributed by atoms with Crippen LogP contribution in [0.15, 0.2) is 24.3 Å². The number of likely N-dealkylation sites (tertiary alicyclic amines) is 1. The zero-order chi connectivity index (χ0) is 14.5. The quantitative estimate of drug-likeness (QED) is 0.862. The van der Waals surface area contributed by atoms with Crippen molar-refractivity contribution < 1.29 is 9.84 Å². The van der Waals surface area contributed by atoms with Gasteiger partial charge in [-0.25, -0.2) is 0 Å². The summed E-state index contributed by atoms with van der Waals surface area (Å²) in [7, 11) is 1.64. The second-order valence-electron chi connectivity index (χ2n) is 5.77. The summed E-state index contributed by atoms with van der Waals surface area (Å²) in [6, 6.07) is 8.17. The second-order valence-corrected chi connectivity index (χ2v) is 5.77. The zero-order valence-corrected chi connectivity index (χ0v) is 12.5. The van der Waals surface area contributed by atoms with E-state index in [9.17, 15) is 5.11 Å². The highest BCUT2D eigenvalue weighted by molar-refractivity contribution is 5.29. The lowest BCUT2D eigenvalue weighted by atomic mass is 9.93. The molecule has 1 heterocycles. The molecule has 0 spiro atoms. The lowest BCUT2D eigenvalue weighted by molar-refractivity contribution is 0.0549. The van der Waals surface area contributed by atoms with E-state index >= 15 is 0 Å². The van der Waals surface area contributed by atoms with E-state index in [2.05, 4.69) is 11.8 Å². The van der Waals surface area contributed by atoms with Crippen LogP contribution < -0.4 is 10.5 Å². The number of benzene rings is 1. The van der Waals surface area contributed by atoms with Gasteiger partial charge in [0.2, 0.25) is 0 Å². The molecule has 1 aliphatic heterocycles. The van der Waals surface area contributed by atoms with Crippen LogP contribution in [-0.2, 0) is 0 Å². The van der Waals surface area contributed by atoms with Crippen LogP contribution >= 0.6 is 0 Å². The number of methoxy groups -OCH3 is 1. The Labute approximate surface area is 121 Å². The molecule has 2 rings (SSSR count). The molecule has 3 unspecified atom stereocenters. The Hall–Kier alpha value is -1.10. The van der Waals surface area contributed by atoms with Gasteiger partial charge in [-0.05, 0) is 49.9 Å². The van der Waals surface area contributed by atoms with Gasteiger partial charge >= 0.3 is 0 Å². The lowest BCUT2D eigenvalue weighted by Gasteiger charge is -2.38. The van der Waals surface area contributed by atoms with Gasteiger partial charge in [0.1, 0.15) is 5.75 Å². The van der Waals surface area contributed by atoms with E-state index in [1.807, 2.05) is 24.3 Å². The molecule has 0 saturated carbocycles. The van der Waals surface area contributed by atoms with Crippen molar-refractivity contribution in [2.24, 2.45) is 11.7 Å². The number of β-amino-alcohol motifs (C(OH)–C–C–N with tert-alkyl or cyclic N) is 1. The van der Waals surface area contributed by atoms with Crippen LogP contribution in [0.4, 0.5) is 0 Å². The number of ether oxygens (including phenoxy) is 1. The van der Waals surface area contributed by atoms with Gasteiger partial charge in [0.25, 0.3) is 0 Å². The molecule has 1 saturated heterocycles. The van der Waals surface area contributed by atoms with Gasteiger partial charge in [0, 0.05) is 19.1 Å². The van der Waals surface area contributed by atoms with Crippen molar-refractivity contribution in [3.8, 4) is 5.75 Å². The summed E-state index contributed by atoms with van der Waals surface area (Å²) in [6.07, 6.45) is 1.87. The van der Waals surface area contributed by atoms with Gasteiger partial charge in [-0.1, -0.05) is 12.1 Å². The smallest absolute Gasteiger partial charge is 0.119 e. The van der Waals surface area contributed by atoms with Crippen LogP contribution in [0.2, 0.25) is 0 Å². The van der Waals surface area contributed by atoms with Crippen LogP contribution in [0.3, 0.4) is 0 Å². The number of piperidine rings is 1. The van der Waals surface area contributed by atoms with E-state index in [-0.39, 0.29) is 0 Å². The Morgan fingerprint density at radius 2 is 2.25 bits per heavy atom. The van der Waals surface area contributed by atoms with Gasteiger partial charge < -0.3 is 15.6 Å². The van der Waals surface area contributed by atoms with Crippen molar-refractivity contribution in [2.45, 2.75) is 31.9 Å². The van der Waals surface area contributed by atoms with Crippen LogP contribution in [0.5, 0.6) is 5.75 Å². The molecule has 4 heteroatoms. The number of hydrogen-bond acceptors (Lipinski definition) is 4. The molecule has 112 valence electrons. The maximum Gasteiger partial charge on any atom is 0.119 e. The van der Waals surface area contributed by atoms with E-state index in [1.165, 1.54) is 6.42 Å². The fourth-order valence-electron chi connectivity index (χ4n) is 2.89. The fraction of sp³-hybridized carbons (Fsp3) is 0.625. The minimum atomic E-state index is -0.482. The largest absolute Gasteiger partial charge is 0.497 e. The second kappa shape index (κ2) is 7.07. The van der Waals surface area contributed by atoms with Gasteiger partial charge in [-0.2, -0.15) is 0 Å². The summed E-state index contributed by atoms with van der Waals surface area (Å²) in [4.78, 5) is 2.35. The molecule has 1 fully saturated rings. The SMILES string of the molecule is COc1cccc(C(O)CN2CC(CN)CCC2C)c1. The number of aliphatic hydroxyl groups excluding tert-OH is 1. The average molecular weight is 278 g/mol. The third-order valence-corrected chi connectivity index (χ3v) is 4.33. The monoisotopic (exact) mass is 278 g/mol. The molecule has 1 aromatic rings. The Morgan fingerprint density at radius 3 is 2.95 bits per heavy atom. The summed E-state index contributed by atoms with van der Waals surface area (Å²) in [5.41, 5.74) is 6.69. The Kier molecular flexibility index (Phi) is 5.40. The topological polar surface area (TPSA) is 58.7 Å². The van der Waals surface area contributed by atoms with Crippen molar-refractivity contribution in [3.63, 3.8) is 0 Å². The highest BCUT2D eigenvalue weighted by Crippen LogP contribution is 2.25. The number of rotatable bonds is 5. The van der Waals surface area contributed by atoms with Gasteiger partial charge in [0.05, 0.1) is 13.2 Å². The molecule has 1 aliphatic rings. The molecule has 3 N–H and O–H groups in total. The molecule has 0 aliphatic carbocycles. The van der Waals surface area contributed by atoms with Crippen molar-refractivity contribution in [1.82, 2.24) is 4.90 Å². The van der Waals surface area contributed by atoms with Crippen LogP contribution in [-0.4, -0.2) is 42.8 Å². The molecular weight excluding hydrogens is 252 g/mol. The summed E-state index contributed by atoms with van der Waals surface area (Å²) in [6.45, 7) is 4.60. The first kappa shape index (κ1) is 15.3. The minimum absolute atomic E-state index is 0.482. The molecule has 0 aromatic heterocycles. The first-order chi connectivity index (χ1) is 9.63. The first-order valence-electron chi connectivity index (χ1n) is 7.40. The number of nitrogens with two attached hydrogens (primary N) is 1. The summed E-state index contributed by atoms with van der Waals surface area (Å²) in [5.74, 6) is 1.34. The maximum absolute atomic E-state index is 10.4. The van der Waals surface area contributed by atoms with Gasteiger partial charge in [0.15, 0.2) is 0 Å². The molecule has 0 amide bonds. The van der Waals surface area contributed by atoms with E-state index in [1.54, 1.807) is 7.11 Å². The fourth-order valence-corrected chi connectivity index (χ4v) is 2.89. The molecule has 1 aromatic carbocycles. The standard InChI is InChI=1S/C16H26N2O2/c1-12-6-7-13(9-17)10-18(12)11-16(19)14-4-3-5-15(8-14)20-2/h3-5,8,12-13,16,19H,6-7,9-11,17H2,1-2H3. The lowest BCUT2D eigenvalue weighted by Crippen LogP contribution is -2.45. The number of nitrogens with zero attached hydrogens (tertiary/aromatic N) is 1. The highest BCUT2D eigenvalue weighted by Gasteiger charge is 2.26. The van der Waals surface area contributed by atoms with Gasteiger partial charge in [-0.3, -0.25) is 4.90 Å². The summed E-state index contributed by atoms with van der Waals surface area (Å²) >= 11 is 0. The molecule has 0 radical (unpaired) electrons.